The van der Waals surface area contributed by atoms with Crippen molar-refractivity contribution in [1.82, 2.24) is 9.38 Å². The molecule has 5 heteroatoms. The average Bonchev–Trinajstić information content (AvgIpc) is 2.88. The number of hydrogen-bond acceptors (Lipinski definition) is 4. The van der Waals surface area contributed by atoms with Crippen LogP contribution in [-0.2, 0) is 0 Å². The largest absolute Gasteiger partial charge is 0.497 e. The van der Waals surface area contributed by atoms with Gasteiger partial charge in [0.15, 0.2) is 4.96 Å². The van der Waals surface area contributed by atoms with Crippen molar-refractivity contribution in [3.63, 3.8) is 0 Å². The number of ether oxygens (including phenoxy) is 1. The molecule has 4 nitrogen and oxygen atoms in total. The first-order chi connectivity index (χ1) is 8.69. The number of benzene rings is 1. The molecular weight excluding hydrogens is 246 g/mol. The van der Waals surface area contributed by atoms with Gasteiger partial charge in [-0.15, -0.1) is 11.3 Å². The highest BCUT2D eigenvalue weighted by molar-refractivity contribution is 7.17. The van der Waals surface area contributed by atoms with E-state index < -0.39 is 0 Å². The van der Waals surface area contributed by atoms with Crippen LogP contribution >= 0.6 is 11.3 Å². The Balaban J connectivity index is 2.12. The van der Waals surface area contributed by atoms with Crippen molar-refractivity contribution in [2.24, 2.45) is 0 Å². The molecule has 3 rings (SSSR count). The second-order valence-corrected chi connectivity index (χ2v) is 5.28. The van der Waals surface area contributed by atoms with Crippen LogP contribution in [0.5, 0.6) is 5.75 Å². The van der Waals surface area contributed by atoms with Crippen LogP contribution in [0.4, 0.5) is 5.82 Å². The number of nitrogen functional groups attached to an aromatic ring is 1. The summed E-state index contributed by atoms with van der Waals surface area (Å²) in [5, 5.41) is 0. The second-order valence-electron chi connectivity index (χ2n) is 4.07. The predicted molar refractivity (Wildman–Crippen MR) is 74.2 cm³/mol. The quantitative estimate of drug-likeness (QED) is 0.769. The number of hydrogen-bond donors (Lipinski definition) is 1. The number of nitrogens with zero attached hydrogens (tertiary/aromatic N) is 2. The molecule has 0 spiro atoms. The van der Waals surface area contributed by atoms with E-state index in [0.29, 0.717) is 5.82 Å². The molecule has 0 atom stereocenters. The third-order valence-corrected chi connectivity index (χ3v) is 3.74. The second kappa shape index (κ2) is 4.03. The monoisotopic (exact) mass is 259 g/mol. The zero-order valence-corrected chi connectivity index (χ0v) is 11.0. The molecule has 2 N–H and O–H groups in total. The summed E-state index contributed by atoms with van der Waals surface area (Å²) in [6.45, 7) is 2.05. The van der Waals surface area contributed by atoms with E-state index in [1.165, 1.54) is 4.88 Å². The Labute approximate surface area is 109 Å². The van der Waals surface area contributed by atoms with Gasteiger partial charge in [-0.25, -0.2) is 4.98 Å². The molecule has 2 aromatic heterocycles. The Morgan fingerprint density at radius 2 is 2.00 bits per heavy atom. The third-order valence-electron chi connectivity index (χ3n) is 2.84. The van der Waals surface area contributed by atoms with Gasteiger partial charge >= 0.3 is 0 Å². The molecule has 18 heavy (non-hydrogen) atoms. The summed E-state index contributed by atoms with van der Waals surface area (Å²) in [4.78, 5) is 6.70. The highest BCUT2D eigenvalue weighted by Crippen LogP contribution is 2.30. The Bertz CT molecular complexity index is 697. The maximum Gasteiger partial charge on any atom is 0.196 e. The summed E-state index contributed by atoms with van der Waals surface area (Å²) in [6, 6.07) is 7.75. The zero-order chi connectivity index (χ0) is 12.7. The molecule has 0 unspecified atom stereocenters. The first-order valence-corrected chi connectivity index (χ1v) is 6.39. The van der Waals surface area contributed by atoms with Gasteiger partial charge in [0.25, 0.3) is 0 Å². The molecular formula is C13H13N3OS. The molecule has 0 aliphatic heterocycles. The van der Waals surface area contributed by atoms with Gasteiger partial charge in [0.2, 0.25) is 0 Å². The van der Waals surface area contributed by atoms with Gasteiger partial charge in [0.05, 0.1) is 7.11 Å². The topological polar surface area (TPSA) is 52.5 Å². The summed E-state index contributed by atoms with van der Waals surface area (Å²) in [6.07, 6.45) is 2.01. The van der Waals surface area contributed by atoms with Crippen LogP contribution in [0.25, 0.3) is 16.2 Å². The van der Waals surface area contributed by atoms with E-state index in [9.17, 15) is 0 Å². The number of aryl methyl sites for hydroxylation is 1. The van der Waals surface area contributed by atoms with Crippen molar-refractivity contribution in [1.29, 1.82) is 0 Å². The van der Waals surface area contributed by atoms with Gasteiger partial charge in [0, 0.05) is 16.6 Å². The fraction of sp³-hybridized carbons (Fsp3) is 0.154. The van der Waals surface area contributed by atoms with Crippen LogP contribution in [0, 0.1) is 6.92 Å². The summed E-state index contributed by atoms with van der Waals surface area (Å²) < 4.78 is 7.07. The minimum atomic E-state index is 0.680. The highest BCUT2D eigenvalue weighted by atomic mass is 32.1. The maximum absolute atomic E-state index is 6.13. The molecule has 0 saturated heterocycles. The Hall–Kier alpha value is -2.01. The summed E-state index contributed by atoms with van der Waals surface area (Å²) >= 11 is 1.64. The predicted octanol–water partition coefficient (Wildman–Crippen LogP) is 2.96. The molecule has 0 saturated carbocycles. The summed E-state index contributed by atoms with van der Waals surface area (Å²) in [7, 11) is 1.65. The number of thiazole rings is 1. The van der Waals surface area contributed by atoms with E-state index in [1.54, 1.807) is 18.4 Å². The minimum Gasteiger partial charge on any atom is -0.497 e. The molecule has 92 valence electrons. The van der Waals surface area contributed by atoms with Crippen molar-refractivity contribution in [3.8, 4) is 17.0 Å². The first kappa shape index (κ1) is 11.1. The summed E-state index contributed by atoms with van der Waals surface area (Å²) in [5.41, 5.74) is 7.96. The fourth-order valence-electron chi connectivity index (χ4n) is 1.93. The number of aromatic nitrogens is 2. The normalized spacial score (nSPS) is 11.0. The molecule has 0 fully saturated rings. The van der Waals surface area contributed by atoms with Gasteiger partial charge in [-0.2, -0.15) is 0 Å². The molecule has 0 bridgehead atoms. The van der Waals surface area contributed by atoms with Gasteiger partial charge in [-0.1, -0.05) is 0 Å². The number of rotatable bonds is 2. The van der Waals surface area contributed by atoms with Crippen molar-refractivity contribution in [3.05, 3.63) is 35.3 Å². The van der Waals surface area contributed by atoms with E-state index in [2.05, 4.69) is 4.98 Å². The molecule has 0 amide bonds. The number of imidazole rings is 1. The van der Waals surface area contributed by atoms with Crippen LogP contribution < -0.4 is 10.5 Å². The summed E-state index contributed by atoms with van der Waals surface area (Å²) in [5.74, 6) is 1.51. The Kier molecular flexibility index (Phi) is 2.48. The lowest BCUT2D eigenvalue weighted by Gasteiger charge is -2.01. The van der Waals surface area contributed by atoms with Crippen molar-refractivity contribution < 1.29 is 4.74 Å². The van der Waals surface area contributed by atoms with Gasteiger partial charge < -0.3 is 10.5 Å². The SMILES string of the molecule is COc1ccc(-c2nc3sc(C)cn3c2N)cc1. The van der Waals surface area contributed by atoms with Gasteiger partial charge in [-0.05, 0) is 31.2 Å². The lowest BCUT2D eigenvalue weighted by Crippen LogP contribution is -1.92. The Morgan fingerprint density at radius 1 is 1.28 bits per heavy atom. The van der Waals surface area contributed by atoms with Gasteiger partial charge in [-0.3, -0.25) is 4.40 Å². The van der Waals surface area contributed by atoms with E-state index in [0.717, 1.165) is 22.0 Å². The number of fused-ring (bicyclic) bond motifs is 1. The van der Waals surface area contributed by atoms with Crippen molar-refractivity contribution in [2.45, 2.75) is 6.92 Å². The molecule has 1 aromatic carbocycles. The smallest absolute Gasteiger partial charge is 0.196 e. The Morgan fingerprint density at radius 3 is 2.61 bits per heavy atom. The maximum atomic E-state index is 6.13. The molecule has 0 aliphatic carbocycles. The number of methoxy groups -OCH3 is 1. The van der Waals surface area contributed by atoms with E-state index in [4.69, 9.17) is 10.5 Å². The van der Waals surface area contributed by atoms with Crippen LogP contribution in [0.3, 0.4) is 0 Å². The van der Waals surface area contributed by atoms with Crippen LogP contribution in [-0.4, -0.2) is 16.5 Å². The number of anilines is 1. The van der Waals surface area contributed by atoms with E-state index in [-0.39, 0.29) is 0 Å². The van der Waals surface area contributed by atoms with E-state index in [1.807, 2.05) is 41.8 Å². The molecule has 0 radical (unpaired) electrons. The fourth-order valence-corrected chi connectivity index (χ4v) is 2.77. The minimum absolute atomic E-state index is 0.680. The highest BCUT2D eigenvalue weighted by Gasteiger charge is 2.13. The lowest BCUT2D eigenvalue weighted by molar-refractivity contribution is 0.415. The van der Waals surface area contributed by atoms with Crippen LogP contribution in [0.1, 0.15) is 4.88 Å². The van der Waals surface area contributed by atoms with Gasteiger partial charge in [0.1, 0.15) is 17.3 Å². The first-order valence-electron chi connectivity index (χ1n) is 5.57. The lowest BCUT2D eigenvalue weighted by atomic mass is 10.1. The third kappa shape index (κ3) is 1.64. The molecule has 2 heterocycles. The zero-order valence-electron chi connectivity index (χ0n) is 10.2. The van der Waals surface area contributed by atoms with E-state index >= 15 is 0 Å². The van der Waals surface area contributed by atoms with Crippen molar-refractivity contribution in [2.75, 3.05) is 12.8 Å². The molecule has 3 aromatic rings. The van der Waals surface area contributed by atoms with Crippen LogP contribution in [0.15, 0.2) is 30.5 Å². The van der Waals surface area contributed by atoms with Crippen molar-refractivity contribution >= 4 is 22.1 Å². The number of nitrogens with two attached hydrogens (primary N) is 1. The average molecular weight is 259 g/mol. The molecule has 0 aliphatic rings. The standard InChI is InChI=1S/C13H13N3OS/c1-8-7-16-12(14)11(15-13(16)18-8)9-3-5-10(17-2)6-4-9/h3-7H,14H2,1-2H3. The van der Waals surface area contributed by atoms with Crippen LogP contribution in [0.2, 0.25) is 0 Å².